The zero-order valence-corrected chi connectivity index (χ0v) is 13.6. The third kappa shape index (κ3) is 2.74. The quantitative estimate of drug-likeness (QED) is 0.890. The van der Waals surface area contributed by atoms with Crippen LogP contribution >= 0.6 is 22.9 Å². The Kier molecular flexibility index (Phi) is 4.09. The summed E-state index contributed by atoms with van der Waals surface area (Å²) in [5, 5.41) is 1.54. The van der Waals surface area contributed by atoms with E-state index in [4.69, 9.17) is 17.3 Å². The Morgan fingerprint density at radius 2 is 2.33 bits per heavy atom. The second kappa shape index (κ2) is 5.85. The van der Waals surface area contributed by atoms with Gasteiger partial charge in [0.05, 0.1) is 5.69 Å². The molecular formula is C16H19ClN2OS. The lowest BCUT2D eigenvalue weighted by atomic mass is 9.95. The van der Waals surface area contributed by atoms with Gasteiger partial charge in [0.2, 0.25) is 0 Å². The Hall–Kier alpha value is -1.26. The number of thiophene rings is 1. The van der Waals surface area contributed by atoms with Gasteiger partial charge in [0.1, 0.15) is 4.88 Å². The number of nitrogens with two attached hydrogens (primary N) is 1. The van der Waals surface area contributed by atoms with Crippen molar-refractivity contribution < 1.29 is 4.79 Å². The molecule has 1 fully saturated rings. The number of piperidine rings is 1. The molecule has 0 radical (unpaired) electrons. The van der Waals surface area contributed by atoms with Crippen LogP contribution in [-0.2, 0) is 0 Å². The second-order valence-electron chi connectivity index (χ2n) is 5.65. The highest BCUT2D eigenvalue weighted by atomic mass is 35.5. The summed E-state index contributed by atoms with van der Waals surface area (Å²) in [5.74, 6) is 0.690. The zero-order valence-electron chi connectivity index (χ0n) is 12.1. The first-order valence-corrected chi connectivity index (χ1v) is 8.56. The topological polar surface area (TPSA) is 46.3 Å². The molecule has 0 spiro atoms. The standard InChI is InChI=1S/C16H19ClN2OS/c1-2-10-4-3-7-19(9-10)16(20)15-14(18)12-8-11(17)5-6-13(12)21-15/h5-6,8,10H,2-4,7,9,18H2,1H3. The lowest BCUT2D eigenvalue weighted by molar-refractivity contribution is 0.0677. The summed E-state index contributed by atoms with van der Waals surface area (Å²) in [5.41, 5.74) is 6.76. The molecule has 2 aromatic rings. The number of rotatable bonds is 2. The van der Waals surface area contributed by atoms with Gasteiger partial charge in [0.25, 0.3) is 5.91 Å². The van der Waals surface area contributed by atoms with E-state index in [0.29, 0.717) is 21.5 Å². The van der Waals surface area contributed by atoms with Gasteiger partial charge >= 0.3 is 0 Å². The molecule has 0 saturated carbocycles. The summed E-state index contributed by atoms with van der Waals surface area (Å²) >= 11 is 7.49. The normalized spacial score (nSPS) is 19.1. The molecule has 112 valence electrons. The third-order valence-corrected chi connectivity index (χ3v) is 5.68. The molecule has 21 heavy (non-hydrogen) atoms. The molecule has 1 aliphatic rings. The summed E-state index contributed by atoms with van der Waals surface area (Å²) < 4.78 is 1.02. The molecule has 0 bridgehead atoms. The smallest absolute Gasteiger partial charge is 0.266 e. The average Bonchev–Trinajstić information content (AvgIpc) is 2.83. The van der Waals surface area contributed by atoms with E-state index in [-0.39, 0.29) is 5.91 Å². The Bertz CT molecular complexity index is 682. The fourth-order valence-electron chi connectivity index (χ4n) is 2.97. The van der Waals surface area contributed by atoms with Gasteiger partial charge in [-0.05, 0) is 37.0 Å². The van der Waals surface area contributed by atoms with E-state index in [0.717, 1.165) is 36.0 Å². The second-order valence-corrected chi connectivity index (χ2v) is 7.14. The van der Waals surface area contributed by atoms with Gasteiger partial charge in [-0.15, -0.1) is 11.3 Å². The van der Waals surface area contributed by atoms with Crippen LogP contribution in [0.3, 0.4) is 0 Å². The summed E-state index contributed by atoms with van der Waals surface area (Å²) in [6, 6.07) is 5.60. The van der Waals surface area contributed by atoms with Crippen molar-refractivity contribution in [2.45, 2.75) is 26.2 Å². The fourth-order valence-corrected chi connectivity index (χ4v) is 4.22. The molecule has 1 aromatic carbocycles. The van der Waals surface area contributed by atoms with E-state index in [2.05, 4.69) is 6.92 Å². The number of carbonyl (C=O) groups excluding carboxylic acids is 1. The number of halogens is 1. The van der Waals surface area contributed by atoms with Crippen molar-refractivity contribution >= 4 is 44.6 Å². The van der Waals surface area contributed by atoms with Gasteiger partial charge in [-0.2, -0.15) is 0 Å². The van der Waals surface area contributed by atoms with E-state index < -0.39 is 0 Å². The number of benzene rings is 1. The van der Waals surface area contributed by atoms with Crippen LogP contribution in [0.4, 0.5) is 5.69 Å². The number of likely N-dealkylation sites (tertiary alicyclic amines) is 1. The molecule has 5 heteroatoms. The molecule has 1 saturated heterocycles. The lowest BCUT2D eigenvalue weighted by Crippen LogP contribution is -2.39. The molecule has 3 nitrogen and oxygen atoms in total. The highest BCUT2D eigenvalue weighted by molar-refractivity contribution is 7.21. The number of hydrogen-bond donors (Lipinski definition) is 1. The van der Waals surface area contributed by atoms with Crippen molar-refractivity contribution in [2.75, 3.05) is 18.8 Å². The van der Waals surface area contributed by atoms with E-state index in [9.17, 15) is 4.79 Å². The maximum absolute atomic E-state index is 12.8. The summed E-state index contributed by atoms with van der Waals surface area (Å²) in [6.07, 6.45) is 3.43. The summed E-state index contributed by atoms with van der Waals surface area (Å²) in [4.78, 5) is 15.4. The molecule has 1 aromatic heterocycles. The largest absolute Gasteiger partial charge is 0.397 e. The Balaban J connectivity index is 1.92. The van der Waals surface area contributed by atoms with Gasteiger partial charge in [0, 0.05) is 28.2 Å². The van der Waals surface area contributed by atoms with Gasteiger partial charge in [-0.25, -0.2) is 0 Å². The molecular weight excluding hydrogens is 304 g/mol. The molecule has 2 heterocycles. The first-order chi connectivity index (χ1) is 10.1. The van der Waals surface area contributed by atoms with Crippen LogP contribution in [0.15, 0.2) is 18.2 Å². The molecule has 0 aliphatic carbocycles. The molecule has 1 aliphatic heterocycles. The molecule has 1 atom stereocenters. The monoisotopic (exact) mass is 322 g/mol. The Morgan fingerprint density at radius 3 is 3.10 bits per heavy atom. The predicted molar refractivity (Wildman–Crippen MR) is 90.2 cm³/mol. The maximum atomic E-state index is 12.8. The van der Waals surface area contributed by atoms with Crippen molar-refractivity contribution in [1.82, 2.24) is 4.90 Å². The van der Waals surface area contributed by atoms with Crippen LogP contribution in [0.2, 0.25) is 5.02 Å². The van der Waals surface area contributed by atoms with Gasteiger partial charge in [0.15, 0.2) is 0 Å². The highest BCUT2D eigenvalue weighted by Crippen LogP contribution is 2.36. The fraction of sp³-hybridized carbons (Fsp3) is 0.438. The number of carbonyl (C=O) groups is 1. The van der Waals surface area contributed by atoms with E-state index in [1.807, 2.05) is 23.1 Å². The maximum Gasteiger partial charge on any atom is 0.266 e. The van der Waals surface area contributed by atoms with Crippen molar-refractivity contribution in [1.29, 1.82) is 0 Å². The van der Waals surface area contributed by atoms with Gasteiger partial charge in [-0.1, -0.05) is 24.9 Å². The minimum absolute atomic E-state index is 0.0722. The molecule has 2 N–H and O–H groups in total. The number of fused-ring (bicyclic) bond motifs is 1. The van der Waals surface area contributed by atoms with Crippen molar-refractivity contribution in [3.8, 4) is 0 Å². The van der Waals surface area contributed by atoms with Crippen molar-refractivity contribution in [3.05, 3.63) is 28.1 Å². The van der Waals surface area contributed by atoms with E-state index >= 15 is 0 Å². The van der Waals surface area contributed by atoms with Crippen LogP contribution in [0, 0.1) is 5.92 Å². The Labute approximate surface area is 133 Å². The Morgan fingerprint density at radius 1 is 1.52 bits per heavy atom. The van der Waals surface area contributed by atoms with Crippen LogP contribution in [0.1, 0.15) is 35.9 Å². The number of amides is 1. The third-order valence-electron chi connectivity index (χ3n) is 4.27. The number of hydrogen-bond acceptors (Lipinski definition) is 3. The van der Waals surface area contributed by atoms with E-state index in [1.54, 1.807) is 0 Å². The average molecular weight is 323 g/mol. The number of nitrogen functional groups attached to an aromatic ring is 1. The van der Waals surface area contributed by atoms with Gasteiger partial charge in [-0.3, -0.25) is 4.79 Å². The summed E-state index contributed by atoms with van der Waals surface area (Å²) in [7, 11) is 0. The van der Waals surface area contributed by atoms with Crippen LogP contribution < -0.4 is 5.73 Å². The van der Waals surface area contributed by atoms with E-state index in [1.165, 1.54) is 17.8 Å². The SMILES string of the molecule is CCC1CCCN(C(=O)c2sc3ccc(Cl)cc3c2N)C1. The predicted octanol–water partition coefficient (Wildman–Crippen LogP) is 4.40. The first-order valence-electron chi connectivity index (χ1n) is 7.37. The first kappa shape index (κ1) is 14.7. The lowest BCUT2D eigenvalue weighted by Gasteiger charge is -2.32. The van der Waals surface area contributed by atoms with Crippen LogP contribution in [-0.4, -0.2) is 23.9 Å². The minimum Gasteiger partial charge on any atom is -0.397 e. The minimum atomic E-state index is 0.0722. The molecule has 1 unspecified atom stereocenters. The van der Waals surface area contributed by atoms with Crippen LogP contribution in [0.5, 0.6) is 0 Å². The molecule has 1 amide bonds. The van der Waals surface area contributed by atoms with Crippen LogP contribution in [0.25, 0.3) is 10.1 Å². The zero-order chi connectivity index (χ0) is 15.0. The summed E-state index contributed by atoms with van der Waals surface area (Å²) in [6.45, 7) is 3.88. The highest BCUT2D eigenvalue weighted by Gasteiger charge is 2.26. The molecule has 3 rings (SSSR count). The number of nitrogens with zero attached hydrogens (tertiary/aromatic N) is 1. The van der Waals surface area contributed by atoms with Gasteiger partial charge < -0.3 is 10.6 Å². The van der Waals surface area contributed by atoms with Crippen molar-refractivity contribution in [2.24, 2.45) is 5.92 Å². The number of anilines is 1. The van der Waals surface area contributed by atoms with Crippen molar-refractivity contribution in [3.63, 3.8) is 0 Å².